The van der Waals surface area contributed by atoms with E-state index < -0.39 is 5.57 Å². The third-order valence-corrected chi connectivity index (χ3v) is 8.46. The van der Waals surface area contributed by atoms with Crippen molar-refractivity contribution < 1.29 is 23.1 Å². The van der Waals surface area contributed by atoms with Crippen molar-refractivity contribution in [2.75, 3.05) is 17.2 Å². The Labute approximate surface area is 231 Å². The minimum atomic E-state index is -3.88. The molecule has 39 heavy (non-hydrogen) atoms. The first-order valence-electron chi connectivity index (χ1n) is 12.8. The number of nitrogens with zero attached hydrogens (tertiary/aromatic N) is 5. The Hall–Kier alpha value is -3.26. The molecule has 2 fully saturated rings. The molecule has 6 rings (SSSR count). The summed E-state index contributed by atoms with van der Waals surface area (Å²) in [5.41, 5.74) is -2.41. The van der Waals surface area contributed by atoms with Crippen molar-refractivity contribution in [2.45, 2.75) is 56.6 Å². The Balaban J connectivity index is 1.24. The Kier molecular flexibility index (Phi) is 6.69. The number of carbonyl (C=O) groups excluding carboxylic acids is 2. The highest BCUT2D eigenvalue weighted by Crippen LogP contribution is 2.43. The maximum Gasteiger partial charge on any atom is 0.488 e. The average Bonchev–Trinajstić information content (AvgIpc) is 3.78. The Morgan fingerprint density at radius 1 is 1.26 bits per heavy atom. The number of thiophene rings is 1. The van der Waals surface area contributed by atoms with Crippen molar-refractivity contribution in [2.24, 2.45) is 18.9 Å². The van der Waals surface area contributed by atoms with E-state index in [4.69, 9.17) is 11.6 Å². The maximum atomic E-state index is 13.4. The second kappa shape index (κ2) is 10.0. The number of fused-ring (bicyclic) bond motifs is 1. The summed E-state index contributed by atoms with van der Waals surface area (Å²) in [4.78, 5) is 27.0. The van der Waals surface area contributed by atoms with E-state index in [0.29, 0.717) is 41.2 Å². The minimum absolute atomic E-state index is 0.0264. The van der Waals surface area contributed by atoms with Gasteiger partial charge < -0.3 is 20.7 Å². The number of alkyl halides is 3. The molecule has 0 radical (unpaired) electrons. The van der Waals surface area contributed by atoms with Gasteiger partial charge in [0.15, 0.2) is 0 Å². The number of ether oxygens (including phenoxy) is 1. The van der Waals surface area contributed by atoms with Gasteiger partial charge in [-0.3, -0.25) is 14.2 Å². The molecule has 0 unspecified atom stereocenters. The number of anilines is 3. The van der Waals surface area contributed by atoms with Gasteiger partial charge in [-0.25, -0.2) is 4.68 Å². The number of halogens is 3. The molecule has 2 amide bonds. The molecular weight excluding hydrogens is 554 g/mol. The summed E-state index contributed by atoms with van der Waals surface area (Å²) in [5.74, 6) is 0.739. The Morgan fingerprint density at radius 2 is 2.05 bits per heavy atom. The van der Waals surface area contributed by atoms with Crippen LogP contribution < -0.4 is 20.7 Å². The second-order valence-corrected chi connectivity index (χ2v) is 11.8. The van der Waals surface area contributed by atoms with Gasteiger partial charge in [-0.15, -0.1) is 35.4 Å². The van der Waals surface area contributed by atoms with Gasteiger partial charge in [-0.1, -0.05) is 0 Å². The number of nitrogens with one attached hydrogen (secondary N) is 3. The lowest BCUT2D eigenvalue weighted by atomic mass is 9.91. The van der Waals surface area contributed by atoms with Crippen LogP contribution in [0.2, 0.25) is 0 Å². The quantitative estimate of drug-likeness (QED) is 0.307. The molecule has 3 N–H and O–H groups in total. The fourth-order valence-electron chi connectivity index (χ4n) is 4.78. The van der Waals surface area contributed by atoms with Crippen LogP contribution in [0.3, 0.4) is 0 Å². The van der Waals surface area contributed by atoms with Crippen molar-refractivity contribution in [1.29, 1.82) is 0 Å². The van der Waals surface area contributed by atoms with E-state index in [2.05, 4.69) is 36.0 Å². The predicted molar refractivity (Wildman–Crippen MR) is 140 cm³/mol. The van der Waals surface area contributed by atoms with Crippen LogP contribution in [-0.4, -0.2) is 48.5 Å². The molecule has 3 aliphatic carbocycles. The number of rotatable bonds is 10. The molecule has 15 heteroatoms. The smallest absolute Gasteiger partial charge is 0.400 e. The van der Waals surface area contributed by atoms with E-state index in [9.17, 15) is 18.4 Å². The zero-order chi connectivity index (χ0) is 27.3. The first-order valence-corrected chi connectivity index (χ1v) is 14.0. The first-order chi connectivity index (χ1) is 18.6. The highest BCUT2D eigenvalue weighted by atomic mass is 35.5. The monoisotopic (exact) mass is 580 g/mol. The third kappa shape index (κ3) is 5.86. The number of hydrogen-bond donors (Lipinski definition) is 3. The fraction of sp³-hybridized carbons (Fsp3) is 0.542. The number of carbonyl (C=O) groups is 2. The number of aromatic nitrogens is 5. The fourth-order valence-corrected chi connectivity index (χ4v) is 6.10. The summed E-state index contributed by atoms with van der Waals surface area (Å²) in [7, 11) is 1.56. The lowest BCUT2D eigenvalue weighted by molar-refractivity contribution is -0.117. The summed E-state index contributed by atoms with van der Waals surface area (Å²) < 4.78 is 33.6. The van der Waals surface area contributed by atoms with Crippen molar-refractivity contribution in [3.05, 3.63) is 28.4 Å². The lowest BCUT2D eigenvalue weighted by Crippen LogP contribution is -2.28. The van der Waals surface area contributed by atoms with E-state index in [1.807, 2.05) is 4.57 Å². The molecule has 3 aromatic rings. The molecule has 0 bridgehead atoms. The molecule has 0 saturated heterocycles. The van der Waals surface area contributed by atoms with Crippen LogP contribution >= 0.6 is 22.9 Å². The molecule has 3 aromatic heterocycles. The highest BCUT2D eigenvalue weighted by molar-refractivity contribution is 7.17. The SMILES string of the molecule is Cn1nc(OC(F)(F)Cl)cc1Nc1nncn1[C@H]1CCc2sc(NC(=O)C3CC3)c(C(=O)NCC3CC3)c2C1. The maximum absolute atomic E-state index is 13.4. The largest absolute Gasteiger partial charge is 0.488 e. The van der Waals surface area contributed by atoms with Gasteiger partial charge in [0.2, 0.25) is 17.7 Å². The number of amides is 2. The van der Waals surface area contributed by atoms with Gasteiger partial charge in [0.05, 0.1) is 5.56 Å². The molecule has 3 heterocycles. The van der Waals surface area contributed by atoms with Gasteiger partial charge in [0, 0.05) is 48.1 Å². The average molecular weight is 581 g/mol. The van der Waals surface area contributed by atoms with Gasteiger partial charge in [-0.05, 0) is 56.4 Å². The zero-order valence-corrected chi connectivity index (χ0v) is 22.6. The van der Waals surface area contributed by atoms with Gasteiger partial charge in [0.25, 0.3) is 5.91 Å². The molecule has 3 aliphatic rings. The standard InChI is InChI=1S/C24H27ClF2N8O3S/c1-34-17(9-18(33-34)38-24(25,26)27)30-23-32-29-11-35(23)14-6-7-16-15(8-14)19(21(37)28-10-12-2-3-12)22(39-16)31-20(36)13-4-5-13/h9,11-14H,2-8,10H2,1H3,(H,28,37)(H,30,32)(H,31,36)/t14-/m0/s1. The van der Waals surface area contributed by atoms with Crippen molar-refractivity contribution in [3.63, 3.8) is 0 Å². The minimum Gasteiger partial charge on any atom is -0.400 e. The summed E-state index contributed by atoms with van der Waals surface area (Å²) >= 11 is 6.34. The lowest BCUT2D eigenvalue weighted by Gasteiger charge is -2.25. The summed E-state index contributed by atoms with van der Waals surface area (Å²) in [6.45, 7) is 0.633. The topological polar surface area (TPSA) is 128 Å². The van der Waals surface area contributed by atoms with E-state index in [1.165, 1.54) is 22.1 Å². The Morgan fingerprint density at radius 3 is 2.77 bits per heavy atom. The van der Waals surface area contributed by atoms with Crippen LogP contribution in [0.1, 0.15) is 58.9 Å². The molecule has 0 aromatic carbocycles. The van der Waals surface area contributed by atoms with Gasteiger partial charge in [-0.2, -0.15) is 0 Å². The predicted octanol–water partition coefficient (Wildman–Crippen LogP) is 4.20. The van der Waals surface area contributed by atoms with Gasteiger partial charge in [0.1, 0.15) is 17.1 Å². The first kappa shape index (κ1) is 26.0. The highest BCUT2D eigenvalue weighted by Gasteiger charge is 2.35. The molecule has 0 spiro atoms. The summed E-state index contributed by atoms with van der Waals surface area (Å²) in [6.07, 6.45) is 7.62. The van der Waals surface area contributed by atoms with Crippen LogP contribution in [0, 0.1) is 11.8 Å². The summed E-state index contributed by atoms with van der Waals surface area (Å²) in [6, 6.07) is 1.20. The van der Waals surface area contributed by atoms with Gasteiger partial charge >= 0.3 is 5.57 Å². The number of hydrogen-bond acceptors (Lipinski definition) is 8. The molecule has 208 valence electrons. The van der Waals surface area contributed by atoms with E-state index in [1.54, 1.807) is 13.4 Å². The molecule has 0 aliphatic heterocycles. The van der Waals surface area contributed by atoms with Crippen molar-refractivity contribution >= 4 is 51.5 Å². The number of aryl methyl sites for hydroxylation is 2. The summed E-state index contributed by atoms with van der Waals surface area (Å²) in [5, 5.41) is 21.9. The van der Waals surface area contributed by atoms with Crippen molar-refractivity contribution in [1.82, 2.24) is 29.9 Å². The zero-order valence-electron chi connectivity index (χ0n) is 21.0. The third-order valence-electron chi connectivity index (χ3n) is 7.18. The van der Waals surface area contributed by atoms with E-state index in [-0.39, 0.29) is 29.7 Å². The molecule has 2 saturated carbocycles. The van der Waals surface area contributed by atoms with E-state index >= 15 is 0 Å². The van der Waals surface area contributed by atoms with E-state index in [0.717, 1.165) is 49.0 Å². The van der Waals surface area contributed by atoms with Crippen LogP contribution in [-0.2, 0) is 24.7 Å². The molecular formula is C24H27ClF2N8O3S. The molecule has 1 atom stereocenters. The normalized spacial score (nSPS) is 18.9. The van der Waals surface area contributed by atoms with Crippen LogP contribution in [0.5, 0.6) is 5.88 Å². The second-order valence-electron chi connectivity index (χ2n) is 10.2. The molecule has 11 nitrogen and oxygen atoms in total. The Bertz CT molecular complexity index is 1410. The van der Waals surface area contributed by atoms with Crippen molar-refractivity contribution in [3.8, 4) is 5.88 Å². The van der Waals surface area contributed by atoms with Crippen LogP contribution in [0.15, 0.2) is 12.4 Å². The van der Waals surface area contributed by atoms with Crippen LogP contribution in [0.25, 0.3) is 0 Å². The van der Waals surface area contributed by atoms with Crippen LogP contribution in [0.4, 0.5) is 25.5 Å².